The summed E-state index contributed by atoms with van der Waals surface area (Å²) in [5.41, 5.74) is 0. The molecule has 0 aliphatic carbocycles. The summed E-state index contributed by atoms with van der Waals surface area (Å²) in [5, 5.41) is 0. The molecule has 0 nitrogen and oxygen atoms in total. The van der Waals surface area contributed by atoms with Crippen molar-refractivity contribution in [1.29, 1.82) is 0 Å². The van der Waals surface area contributed by atoms with Crippen molar-refractivity contribution in [2.24, 2.45) is 0 Å². The van der Waals surface area contributed by atoms with Crippen molar-refractivity contribution in [3.63, 3.8) is 0 Å². The van der Waals surface area contributed by atoms with Crippen LogP contribution in [0.15, 0.2) is 0 Å². The van der Waals surface area contributed by atoms with Gasteiger partial charge in [0.05, 0.1) is 0 Å². The Morgan fingerprint density at radius 1 is 1.00 bits per heavy atom. The summed E-state index contributed by atoms with van der Waals surface area (Å²) >= 11 is 0. The maximum Gasteiger partial charge on any atom is 0.0180 e. The molecular weight excluding hydrogens is 180 g/mol. The Labute approximate surface area is 79.2 Å². The monoisotopic (exact) mass is 197 g/mol. The standard InChI is InChI=1S/C8H17Si3/c1-2-3-4-5-6-7-8-10-11-9/h2-8H2,1H3. The number of hydrogen-bond donors (Lipinski definition) is 0. The second kappa shape index (κ2) is 10.7. The molecular formula is C8H17Si3. The van der Waals surface area contributed by atoms with Crippen LogP contribution in [0.3, 0.4) is 0 Å². The molecule has 0 aliphatic heterocycles. The molecule has 0 N–H and O–H groups in total. The van der Waals surface area contributed by atoms with Crippen LogP contribution in [0, 0.1) is 0 Å². The molecule has 0 aromatic heterocycles. The molecule has 0 spiro atoms. The summed E-state index contributed by atoms with van der Waals surface area (Å²) < 4.78 is 0. The van der Waals surface area contributed by atoms with Gasteiger partial charge in [0.1, 0.15) is 0 Å². The summed E-state index contributed by atoms with van der Waals surface area (Å²) in [6.45, 7) is 2.27. The van der Waals surface area contributed by atoms with Gasteiger partial charge in [0.2, 0.25) is 0 Å². The van der Waals surface area contributed by atoms with Crippen molar-refractivity contribution in [3.8, 4) is 0 Å². The summed E-state index contributed by atoms with van der Waals surface area (Å²) in [6.07, 6.45) is 8.63. The molecule has 7 radical (unpaired) electrons. The van der Waals surface area contributed by atoms with E-state index in [4.69, 9.17) is 0 Å². The molecule has 0 rings (SSSR count). The van der Waals surface area contributed by atoms with Gasteiger partial charge in [-0.25, -0.2) is 0 Å². The van der Waals surface area contributed by atoms with E-state index in [0.717, 1.165) is 8.55 Å². The van der Waals surface area contributed by atoms with Gasteiger partial charge in [-0.2, -0.15) is 0 Å². The Morgan fingerprint density at radius 3 is 2.27 bits per heavy atom. The zero-order chi connectivity index (χ0) is 8.36. The van der Waals surface area contributed by atoms with E-state index in [-0.39, 0.29) is 0 Å². The minimum Gasteiger partial charge on any atom is -0.0654 e. The molecule has 0 amide bonds. The average Bonchev–Trinajstić information content (AvgIpc) is 2.03. The van der Waals surface area contributed by atoms with Crippen LogP contribution in [-0.2, 0) is 0 Å². The van der Waals surface area contributed by atoms with Crippen LogP contribution < -0.4 is 0 Å². The van der Waals surface area contributed by atoms with Crippen molar-refractivity contribution in [2.45, 2.75) is 51.5 Å². The van der Waals surface area contributed by atoms with E-state index in [1.54, 1.807) is 0 Å². The highest BCUT2D eigenvalue weighted by atomic mass is 29.5. The van der Waals surface area contributed by atoms with Gasteiger partial charge < -0.3 is 0 Å². The molecule has 0 heterocycles. The Hall–Kier alpha value is 0.651. The van der Waals surface area contributed by atoms with E-state index in [1.165, 1.54) is 53.6 Å². The Bertz CT molecular complexity index is 58.4. The van der Waals surface area contributed by atoms with Gasteiger partial charge in [0, 0.05) is 27.4 Å². The maximum absolute atomic E-state index is 3.53. The second-order valence-corrected chi connectivity index (χ2v) is 7.98. The summed E-state index contributed by atoms with van der Waals surface area (Å²) in [4.78, 5) is 0. The van der Waals surface area contributed by atoms with Gasteiger partial charge >= 0.3 is 0 Å². The smallest absolute Gasteiger partial charge is 0.0180 e. The fraction of sp³-hybridized carbons (Fsp3) is 1.00. The zero-order valence-corrected chi connectivity index (χ0v) is 10.4. The lowest BCUT2D eigenvalue weighted by atomic mass is 10.1. The average molecular weight is 197 g/mol. The highest BCUT2D eigenvalue weighted by Gasteiger charge is 1.89. The summed E-state index contributed by atoms with van der Waals surface area (Å²) in [5.74, 6) is 0. The van der Waals surface area contributed by atoms with Gasteiger partial charge in [-0.05, 0) is 0 Å². The second-order valence-electron chi connectivity index (χ2n) is 2.82. The van der Waals surface area contributed by atoms with Gasteiger partial charge in [-0.15, -0.1) is 0 Å². The zero-order valence-electron chi connectivity index (χ0n) is 7.45. The van der Waals surface area contributed by atoms with Gasteiger partial charge in [0.15, 0.2) is 0 Å². The Morgan fingerprint density at radius 2 is 1.64 bits per heavy atom. The van der Waals surface area contributed by atoms with Gasteiger partial charge in [-0.1, -0.05) is 51.5 Å². The third-order valence-corrected chi connectivity index (χ3v) is 5.40. The highest BCUT2D eigenvalue weighted by molar-refractivity contribution is 7.23. The van der Waals surface area contributed by atoms with Crippen LogP contribution in [0.25, 0.3) is 0 Å². The van der Waals surface area contributed by atoms with Crippen molar-refractivity contribution < 1.29 is 0 Å². The SMILES string of the molecule is CCCCCCCC[Si][Si][Si]. The Kier molecular flexibility index (Phi) is 11.3. The first-order valence-corrected chi connectivity index (χ1v) is 9.27. The van der Waals surface area contributed by atoms with Crippen LogP contribution in [0.2, 0.25) is 6.04 Å². The molecule has 0 aliphatic rings. The molecule has 11 heavy (non-hydrogen) atoms. The van der Waals surface area contributed by atoms with E-state index in [2.05, 4.69) is 16.7 Å². The minimum absolute atomic E-state index is 1.00. The van der Waals surface area contributed by atoms with Crippen molar-refractivity contribution in [1.82, 2.24) is 0 Å². The van der Waals surface area contributed by atoms with E-state index < -0.39 is 0 Å². The van der Waals surface area contributed by atoms with E-state index in [0.29, 0.717) is 0 Å². The molecule has 0 saturated heterocycles. The molecule has 3 heteroatoms. The van der Waals surface area contributed by atoms with Crippen molar-refractivity contribution >= 4 is 27.4 Å². The third-order valence-electron chi connectivity index (χ3n) is 1.74. The number of rotatable bonds is 8. The molecule has 0 unspecified atom stereocenters. The molecule has 0 saturated carbocycles. The number of hydrogen-bond acceptors (Lipinski definition) is 0. The van der Waals surface area contributed by atoms with Crippen LogP contribution in [0.1, 0.15) is 45.4 Å². The predicted molar refractivity (Wildman–Crippen MR) is 55.4 cm³/mol. The quantitative estimate of drug-likeness (QED) is 0.413. The topological polar surface area (TPSA) is 0 Å². The molecule has 0 aromatic carbocycles. The lowest BCUT2D eigenvalue weighted by molar-refractivity contribution is 0.624. The number of unbranched alkanes of at least 4 members (excludes halogenated alkanes) is 5. The molecule has 0 fully saturated rings. The fourth-order valence-corrected chi connectivity index (χ4v) is 3.64. The van der Waals surface area contributed by atoms with E-state index >= 15 is 0 Å². The molecule has 0 aromatic rings. The minimum atomic E-state index is 1.00. The van der Waals surface area contributed by atoms with Gasteiger partial charge in [0.25, 0.3) is 0 Å². The first kappa shape index (κ1) is 11.7. The van der Waals surface area contributed by atoms with Crippen LogP contribution >= 0.6 is 0 Å². The molecule has 61 valence electrons. The van der Waals surface area contributed by atoms with Crippen LogP contribution in [-0.4, -0.2) is 27.4 Å². The largest absolute Gasteiger partial charge is 0.0654 e. The Balaban J connectivity index is 2.69. The molecule has 0 bridgehead atoms. The van der Waals surface area contributed by atoms with E-state index in [1.807, 2.05) is 0 Å². The lowest BCUT2D eigenvalue weighted by Crippen LogP contribution is -2.01. The summed E-state index contributed by atoms with van der Waals surface area (Å²) in [6, 6.07) is 1.45. The van der Waals surface area contributed by atoms with Crippen molar-refractivity contribution in [2.75, 3.05) is 0 Å². The predicted octanol–water partition coefficient (Wildman–Crippen LogP) is 2.17. The summed E-state index contributed by atoms with van der Waals surface area (Å²) in [7, 11) is 5.70. The van der Waals surface area contributed by atoms with E-state index in [9.17, 15) is 0 Å². The highest BCUT2D eigenvalue weighted by Crippen LogP contribution is 2.06. The maximum atomic E-state index is 3.53. The normalized spacial score (nSPS) is 10.4. The first-order chi connectivity index (χ1) is 5.41. The van der Waals surface area contributed by atoms with Crippen LogP contribution in [0.4, 0.5) is 0 Å². The van der Waals surface area contributed by atoms with Gasteiger partial charge in [-0.3, -0.25) is 0 Å². The molecule has 0 atom stereocenters. The third kappa shape index (κ3) is 10.7. The fourth-order valence-electron chi connectivity index (χ4n) is 1.06. The lowest BCUT2D eigenvalue weighted by Gasteiger charge is -1.98. The first-order valence-electron chi connectivity index (χ1n) is 4.56. The van der Waals surface area contributed by atoms with Crippen LogP contribution in [0.5, 0.6) is 0 Å². The van der Waals surface area contributed by atoms with Crippen molar-refractivity contribution in [3.05, 3.63) is 0 Å².